The summed E-state index contributed by atoms with van der Waals surface area (Å²) in [5, 5.41) is 0. The molecule has 0 aromatic carbocycles. The summed E-state index contributed by atoms with van der Waals surface area (Å²) in [5.74, 6) is 0.562. The third kappa shape index (κ3) is 14.6. The van der Waals surface area contributed by atoms with Crippen LogP contribution in [0.2, 0.25) is 0 Å². The van der Waals surface area contributed by atoms with E-state index in [1.54, 1.807) is 0 Å². The number of rotatable bonds is 20. The zero-order valence-corrected chi connectivity index (χ0v) is 20.6. The highest BCUT2D eigenvalue weighted by Gasteiger charge is 2.24. The van der Waals surface area contributed by atoms with Gasteiger partial charge in [-0.05, 0) is 32.1 Å². The molecule has 1 aliphatic rings. The summed E-state index contributed by atoms with van der Waals surface area (Å²) in [6.45, 7) is 7.42. The van der Waals surface area contributed by atoms with Crippen LogP contribution in [0.15, 0.2) is 0 Å². The average molecular weight is 425 g/mol. The summed E-state index contributed by atoms with van der Waals surface area (Å²) >= 11 is 0. The second-order valence-electron chi connectivity index (χ2n) is 9.59. The summed E-state index contributed by atoms with van der Waals surface area (Å²) in [6.07, 6.45) is 22.8. The summed E-state index contributed by atoms with van der Waals surface area (Å²) in [5.41, 5.74) is 0. The molecule has 0 aromatic rings. The first-order valence-electron chi connectivity index (χ1n) is 13.5. The summed E-state index contributed by atoms with van der Waals surface area (Å²) in [4.78, 5) is 12.8. The molecule has 30 heavy (non-hydrogen) atoms. The number of hydrogen-bond acceptors (Lipinski definition) is 3. The van der Waals surface area contributed by atoms with E-state index >= 15 is 0 Å². The van der Waals surface area contributed by atoms with Gasteiger partial charge in [-0.15, -0.1) is 0 Å². The van der Waals surface area contributed by atoms with Gasteiger partial charge in [0.2, 0.25) is 0 Å². The Morgan fingerprint density at radius 3 is 2.00 bits per heavy atom. The second-order valence-corrected chi connectivity index (χ2v) is 9.59. The van der Waals surface area contributed by atoms with Crippen molar-refractivity contribution in [3.8, 4) is 0 Å². The Morgan fingerprint density at radius 1 is 0.833 bits per heavy atom. The van der Waals surface area contributed by atoms with Crippen molar-refractivity contribution in [3.05, 3.63) is 0 Å². The van der Waals surface area contributed by atoms with Crippen LogP contribution in [0, 0.1) is 5.92 Å². The van der Waals surface area contributed by atoms with E-state index in [-0.39, 0.29) is 18.3 Å². The molecule has 0 aromatic heterocycles. The van der Waals surface area contributed by atoms with E-state index in [2.05, 4.69) is 20.8 Å². The van der Waals surface area contributed by atoms with Crippen molar-refractivity contribution >= 4 is 5.78 Å². The van der Waals surface area contributed by atoms with Crippen LogP contribution < -0.4 is 0 Å². The van der Waals surface area contributed by atoms with E-state index in [1.807, 2.05) is 0 Å². The average Bonchev–Trinajstić information content (AvgIpc) is 2.76. The number of Topliss-reactive ketones (excluding diaryl/α,β-unsaturated/α-hetero) is 1. The van der Waals surface area contributed by atoms with Gasteiger partial charge in [0.15, 0.2) is 6.29 Å². The van der Waals surface area contributed by atoms with E-state index < -0.39 is 0 Å². The molecule has 1 fully saturated rings. The van der Waals surface area contributed by atoms with Crippen molar-refractivity contribution in [1.82, 2.24) is 0 Å². The lowest BCUT2D eigenvalue weighted by molar-refractivity contribution is -0.191. The number of carbonyl (C=O) groups is 1. The number of unbranched alkanes of at least 4 members (excludes halogenated alkanes) is 11. The van der Waals surface area contributed by atoms with Crippen molar-refractivity contribution < 1.29 is 14.3 Å². The molecule has 0 aliphatic carbocycles. The highest BCUT2D eigenvalue weighted by atomic mass is 16.7. The summed E-state index contributed by atoms with van der Waals surface area (Å²) in [7, 11) is 0. The molecular weight excluding hydrogens is 372 g/mol. The van der Waals surface area contributed by atoms with Crippen molar-refractivity contribution in [2.24, 2.45) is 5.92 Å². The lowest BCUT2D eigenvalue weighted by atomic mass is 9.93. The van der Waals surface area contributed by atoms with Crippen LogP contribution in [0.4, 0.5) is 0 Å². The van der Waals surface area contributed by atoms with E-state index in [1.165, 1.54) is 89.9 Å². The Kier molecular flexibility index (Phi) is 17.8. The van der Waals surface area contributed by atoms with Gasteiger partial charge < -0.3 is 9.47 Å². The number of carbonyl (C=O) groups excluding carboxylic acids is 1. The topological polar surface area (TPSA) is 35.5 Å². The molecule has 3 nitrogen and oxygen atoms in total. The number of hydrogen-bond donors (Lipinski definition) is 0. The Hall–Kier alpha value is -0.410. The molecule has 3 unspecified atom stereocenters. The van der Waals surface area contributed by atoms with E-state index in [9.17, 15) is 4.79 Å². The molecule has 178 valence electrons. The number of ketones is 1. The summed E-state index contributed by atoms with van der Waals surface area (Å²) in [6, 6.07) is 0. The predicted octanol–water partition coefficient (Wildman–Crippen LogP) is 8.38. The minimum Gasteiger partial charge on any atom is -0.353 e. The molecule has 1 saturated heterocycles. The quantitative estimate of drug-likeness (QED) is 0.184. The molecule has 1 aliphatic heterocycles. The summed E-state index contributed by atoms with van der Waals surface area (Å²) < 4.78 is 12.1. The fourth-order valence-electron chi connectivity index (χ4n) is 4.40. The monoisotopic (exact) mass is 424 g/mol. The molecule has 0 N–H and O–H groups in total. The van der Waals surface area contributed by atoms with Gasteiger partial charge >= 0.3 is 0 Å². The van der Waals surface area contributed by atoms with Gasteiger partial charge in [-0.25, -0.2) is 0 Å². The lowest BCUT2D eigenvalue weighted by Gasteiger charge is -2.28. The normalized spacial score (nSPS) is 19.0. The zero-order chi connectivity index (χ0) is 21.9. The van der Waals surface area contributed by atoms with E-state index in [4.69, 9.17) is 9.47 Å². The third-order valence-electron chi connectivity index (χ3n) is 6.58. The van der Waals surface area contributed by atoms with Crippen LogP contribution in [-0.4, -0.2) is 24.8 Å². The first-order valence-corrected chi connectivity index (χ1v) is 13.5. The van der Waals surface area contributed by atoms with Gasteiger partial charge in [-0.1, -0.05) is 104 Å². The maximum Gasteiger partial charge on any atom is 0.157 e. The molecule has 3 heteroatoms. The molecule has 0 bridgehead atoms. The minimum atomic E-state index is -0.0880. The lowest BCUT2D eigenvalue weighted by Crippen LogP contribution is -2.30. The SMILES string of the molecule is CCCCCCCCCCCC(CC(=O)C(C)CCCCCC)OC1CCCCO1. The van der Waals surface area contributed by atoms with Gasteiger partial charge in [0.1, 0.15) is 5.78 Å². The van der Waals surface area contributed by atoms with Gasteiger partial charge in [0.05, 0.1) is 6.10 Å². The smallest absolute Gasteiger partial charge is 0.157 e. The molecule has 0 spiro atoms. The molecule has 0 saturated carbocycles. The van der Waals surface area contributed by atoms with E-state index in [0.717, 1.165) is 32.3 Å². The minimum absolute atomic E-state index is 0.0447. The van der Waals surface area contributed by atoms with Crippen LogP contribution in [-0.2, 0) is 14.3 Å². The Bertz CT molecular complexity index is 390. The van der Waals surface area contributed by atoms with Crippen LogP contribution in [0.5, 0.6) is 0 Å². The molecule has 1 heterocycles. The van der Waals surface area contributed by atoms with Gasteiger partial charge in [0.25, 0.3) is 0 Å². The van der Waals surface area contributed by atoms with Gasteiger partial charge in [0, 0.05) is 18.9 Å². The van der Waals surface area contributed by atoms with Crippen LogP contribution in [0.25, 0.3) is 0 Å². The fraction of sp³-hybridized carbons (Fsp3) is 0.963. The molecule has 0 amide bonds. The van der Waals surface area contributed by atoms with Crippen molar-refractivity contribution in [3.63, 3.8) is 0 Å². The van der Waals surface area contributed by atoms with Gasteiger partial charge in [-0.3, -0.25) is 4.79 Å². The fourth-order valence-corrected chi connectivity index (χ4v) is 4.40. The highest BCUT2D eigenvalue weighted by Crippen LogP contribution is 2.23. The molecule has 0 radical (unpaired) electrons. The second kappa shape index (κ2) is 19.3. The molecule has 1 rings (SSSR count). The molecular formula is C27H52O3. The largest absolute Gasteiger partial charge is 0.353 e. The van der Waals surface area contributed by atoms with Gasteiger partial charge in [-0.2, -0.15) is 0 Å². The Balaban J connectivity index is 2.30. The van der Waals surface area contributed by atoms with Crippen molar-refractivity contribution in [2.45, 2.75) is 155 Å². The standard InChI is InChI=1S/C27H52O3/c1-4-6-8-10-11-12-13-14-16-20-25(30-27-21-17-18-22-29-27)23-26(28)24(3)19-15-9-7-5-2/h24-25,27H,4-23H2,1-3H3. The predicted molar refractivity (Wildman–Crippen MR) is 128 cm³/mol. The maximum atomic E-state index is 12.8. The van der Waals surface area contributed by atoms with Crippen LogP contribution >= 0.6 is 0 Å². The van der Waals surface area contributed by atoms with Crippen molar-refractivity contribution in [2.75, 3.05) is 6.61 Å². The highest BCUT2D eigenvalue weighted by molar-refractivity contribution is 5.81. The Morgan fingerprint density at radius 2 is 1.40 bits per heavy atom. The van der Waals surface area contributed by atoms with Crippen LogP contribution in [0.3, 0.4) is 0 Å². The number of ether oxygens (including phenoxy) is 2. The first kappa shape index (κ1) is 27.6. The zero-order valence-electron chi connectivity index (χ0n) is 20.6. The third-order valence-corrected chi connectivity index (χ3v) is 6.58. The van der Waals surface area contributed by atoms with E-state index in [0.29, 0.717) is 12.2 Å². The van der Waals surface area contributed by atoms with Crippen molar-refractivity contribution in [1.29, 1.82) is 0 Å². The maximum absolute atomic E-state index is 12.8. The Labute approximate surface area is 188 Å². The van der Waals surface area contributed by atoms with Crippen LogP contribution in [0.1, 0.15) is 143 Å². The first-order chi connectivity index (χ1) is 14.7. The molecule has 3 atom stereocenters.